The van der Waals surface area contributed by atoms with Crippen LogP contribution in [-0.2, 0) is 0 Å². The maximum atomic E-state index is 4.54. The molecule has 0 spiro atoms. The minimum absolute atomic E-state index is 1.17. The number of hydrogen-bond acceptors (Lipinski definition) is 3. The highest BCUT2D eigenvalue weighted by atomic mass is 32.1. The summed E-state index contributed by atoms with van der Waals surface area (Å²) in [6.07, 6.45) is 3.92. The molecule has 7 aromatic rings. The third-order valence-electron chi connectivity index (χ3n) is 7.04. The monoisotopic (exact) mass is 450 g/mol. The Bertz CT molecular complexity index is 1930. The van der Waals surface area contributed by atoms with Crippen LogP contribution < -0.4 is 4.90 Å². The van der Waals surface area contributed by atoms with Crippen LogP contribution in [0.2, 0.25) is 0 Å². The molecule has 0 saturated carbocycles. The van der Waals surface area contributed by atoms with E-state index in [2.05, 4.69) is 107 Å². The van der Waals surface area contributed by atoms with Crippen molar-refractivity contribution in [3.63, 3.8) is 0 Å². The van der Waals surface area contributed by atoms with Gasteiger partial charge in [0.05, 0.1) is 11.4 Å². The number of benzene rings is 5. The summed E-state index contributed by atoms with van der Waals surface area (Å²) in [6.45, 7) is 0. The Morgan fingerprint density at radius 2 is 1.47 bits per heavy atom. The Balaban J connectivity index is 1.52. The minimum Gasteiger partial charge on any atom is -0.309 e. The highest BCUT2D eigenvalue weighted by Gasteiger charge is 2.27. The fourth-order valence-corrected chi connectivity index (χ4v) is 6.76. The molecule has 1 aliphatic heterocycles. The normalized spacial score (nSPS) is 12.6. The molecule has 0 bridgehead atoms. The van der Waals surface area contributed by atoms with Gasteiger partial charge in [-0.1, -0.05) is 60.7 Å². The summed E-state index contributed by atoms with van der Waals surface area (Å²) in [5.41, 5.74) is 6.00. The van der Waals surface area contributed by atoms with Crippen LogP contribution in [0.1, 0.15) is 0 Å². The lowest BCUT2D eigenvalue weighted by Crippen LogP contribution is -2.15. The fraction of sp³-hybridized carbons (Fsp3) is 0. The van der Waals surface area contributed by atoms with Gasteiger partial charge in [0.15, 0.2) is 0 Å². The van der Waals surface area contributed by atoms with Gasteiger partial charge in [0.25, 0.3) is 0 Å². The van der Waals surface area contributed by atoms with Gasteiger partial charge >= 0.3 is 0 Å². The maximum absolute atomic E-state index is 4.54. The minimum atomic E-state index is 1.17. The maximum Gasteiger partial charge on any atom is 0.0571 e. The second-order valence-corrected chi connectivity index (χ2v) is 9.91. The summed E-state index contributed by atoms with van der Waals surface area (Å²) < 4.78 is 2.69. The molecular weight excluding hydrogens is 432 g/mol. The van der Waals surface area contributed by atoms with Crippen molar-refractivity contribution in [1.29, 1.82) is 0 Å². The highest BCUT2D eigenvalue weighted by Crippen LogP contribution is 2.53. The Hall–Kier alpha value is -4.21. The van der Waals surface area contributed by atoms with Crippen molar-refractivity contribution in [2.75, 3.05) is 4.90 Å². The first-order chi connectivity index (χ1) is 16.9. The van der Waals surface area contributed by atoms with E-state index in [1.54, 1.807) is 0 Å². The standard InChI is InChI=1S/C31H18N2S/c1-2-7-20-16-21(13-12-19(20)6-1)33-27-14-15-32-18-26(27)24-17-25-22-8-3-4-11-29(22)34-31(25)23-9-5-10-28(33)30(23)24/h1-18H. The van der Waals surface area contributed by atoms with E-state index in [0.717, 1.165) is 0 Å². The SMILES string of the molecule is c1ccc2cc(N3c4ccncc4-c4cc5c6ccccc6sc5c5cccc3c45)ccc2c1. The number of pyridine rings is 1. The highest BCUT2D eigenvalue weighted by molar-refractivity contribution is 7.26. The summed E-state index contributed by atoms with van der Waals surface area (Å²) in [6, 6.07) is 35.3. The molecule has 8 rings (SSSR count). The van der Waals surface area contributed by atoms with E-state index in [0.29, 0.717) is 0 Å². The first-order valence-electron chi connectivity index (χ1n) is 11.5. The number of fused-ring (bicyclic) bond motifs is 7. The van der Waals surface area contributed by atoms with E-state index < -0.39 is 0 Å². The molecular formula is C31H18N2S. The third kappa shape index (κ3) is 2.37. The zero-order valence-electron chi connectivity index (χ0n) is 18.2. The van der Waals surface area contributed by atoms with Gasteiger partial charge in [-0.3, -0.25) is 4.98 Å². The molecule has 0 atom stereocenters. The lowest BCUT2D eigenvalue weighted by molar-refractivity contribution is 1.24. The summed E-state index contributed by atoms with van der Waals surface area (Å²) in [4.78, 5) is 6.94. The van der Waals surface area contributed by atoms with Crippen LogP contribution in [0.25, 0.3) is 52.8 Å². The van der Waals surface area contributed by atoms with Crippen molar-refractivity contribution < 1.29 is 0 Å². The molecule has 2 nitrogen and oxygen atoms in total. The Kier molecular flexibility index (Phi) is 3.57. The summed E-state index contributed by atoms with van der Waals surface area (Å²) in [5.74, 6) is 0. The molecule has 1 aliphatic rings. The predicted octanol–water partition coefficient (Wildman–Crippen LogP) is 9.21. The molecule has 0 aliphatic carbocycles. The smallest absolute Gasteiger partial charge is 0.0571 e. The number of aromatic nitrogens is 1. The first-order valence-corrected chi connectivity index (χ1v) is 12.3. The van der Waals surface area contributed by atoms with Gasteiger partial charge in [-0.05, 0) is 52.7 Å². The molecule has 0 fully saturated rings. The van der Waals surface area contributed by atoms with Crippen LogP contribution in [0.5, 0.6) is 0 Å². The molecule has 0 radical (unpaired) electrons. The molecule has 0 unspecified atom stereocenters. The van der Waals surface area contributed by atoms with E-state index in [1.807, 2.05) is 23.7 Å². The molecule has 0 saturated heterocycles. The van der Waals surface area contributed by atoms with E-state index in [-0.39, 0.29) is 0 Å². The Labute approximate surface area is 200 Å². The summed E-state index contributed by atoms with van der Waals surface area (Å²) in [7, 11) is 0. The van der Waals surface area contributed by atoms with Gasteiger partial charge in [0, 0.05) is 54.6 Å². The zero-order valence-corrected chi connectivity index (χ0v) is 19.0. The van der Waals surface area contributed by atoms with Crippen LogP contribution in [0.3, 0.4) is 0 Å². The van der Waals surface area contributed by atoms with E-state index in [4.69, 9.17) is 0 Å². The topological polar surface area (TPSA) is 16.1 Å². The van der Waals surface area contributed by atoms with Gasteiger partial charge in [0.2, 0.25) is 0 Å². The van der Waals surface area contributed by atoms with Crippen LogP contribution in [0, 0.1) is 0 Å². The van der Waals surface area contributed by atoms with E-state index in [1.165, 1.54) is 69.9 Å². The summed E-state index contributed by atoms with van der Waals surface area (Å²) in [5, 5.41) is 7.77. The van der Waals surface area contributed by atoms with Crippen LogP contribution in [-0.4, -0.2) is 4.98 Å². The van der Waals surface area contributed by atoms with E-state index >= 15 is 0 Å². The van der Waals surface area contributed by atoms with Crippen LogP contribution in [0.4, 0.5) is 17.1 Å². The van der Waals surface area contributed by atoms with Crippen molar-refractivity contribution in [2.45, 2.75) is 0 Å². The second-order valence-electron chi connectivity index (χ2n) is 8.86. The predicted molar refractivity (Wildman–Crippen MR) is 146 cm³/mol. The zero-order chi connectivity index (χ0) is 22.2. The number of rotatable bonds is 1. The largest absolute Gasteiger partial charge is 0.309 e. The van der Waals surface area contributed by atoms with Crippen molar-refractivity contribution >= 4 is 70.1 Å². The van der Waals surface area contributed by atoms with Gasteiger partial charge in [-0.15, -0.1) is 11.3 Å². The van der Waals surface area contributed by atoms with Gasteiger partial charge in [-0.2, -0.15) is 0 Å². The lowest BCUT2D eigenvalue weighted by atomic mass is 9.90. The van der Waals surface area contributed by atoms with Gasteiger partial charge in [0.1, 0.15) is 0 Å². The second kappa shape index (κ2) is 6.66. The van der Waals surface area contributed by atoms with Crippen molar-refractivity contribution in [3.05, 3.63) is 109 Å². The molecule has 0 amide bonds. The van der Waals surface area contributed by atoms with Crippen molar-refractivity contribution in [3.8, 4) is 11.1 Å². The molecule has 5 aromatic carbocycles. The Morgan fingerprint density at radius 1 is 0.618 bits per heavy atom. The van der Waals surface area contributed by atoms with Gasteiger partial charge in [-0.25, -0.2) is 0 Å². The lowest BCUT2D eigenvalue weighted by Gasteiger charge is -2.33. The van der Waals surface area contributed by atoms with Crippen LogP contribution in [0.15, 0.2) is 109 Å². The molecule has 158 valence electrons. The Morgan fingerprint density at radius 3 is 2.44 bits per heavy atom. The fourth-order valence-electron chi connectivity index (χ4n) is 5.55. The quantitative estimate of drug-likeness (QED) is 0.248. The van der Waals surface area contributed by atoms with E-state index in [9.17, 15) is 0 Å². The number of anilines is 3. The molecule has 3 heteroatoms. The molecule has 3 heterocycles. The summed E-state index contributed by atoms with van der Waals surface area (Å²) >= 11 is 1.89. The molecule has 0 N–H and O–H groups in total. The average molecular weight is 451 g/mol. The first kappa shape index (κ1) is 18.2. The van der Waals surface area contributed by atoms with Crippen LogP contribution >= 0.6 is 11.3 Å². The number of hydrogen-bond donors (Lipinski definition) is 0. The molecule has 2 aromatic heterocycles. The number of thiophene rings is 1. The van der Waals surface area contributed by atoms with Crippen molar-refractivity contribution in [1.82, 2.24) is 4.98 Å². The van der Waals surface area contributed by atoms with Crippen molar-refractivity contribution in [2.24, 2.45) is 0 Å². The molecule has 34 heavy (non-hydrogen) atoms. The van der Waals surface area contributed by atoms with Gasteiger partial charge < -0.3 is 4.90 Å². The average Bonchev–Trinajstić information content (AvgIpc) is 3.28. The number of nitrogens with zero attached hydrogens (tertiary/aromatic N) is 2. The third-order valence-corrected chi connectivity index (χ3v) is 8.26.